The fourth-order valence-corrected chi connectivity index (χ4v) is 3.58. The number of rotatable bonds is 8. The Bertz CT molecular complexity index is 863. The third kappa shape index (κ3) is 4.79. The van der Waals surface area contributed by atoms with Crippen LogP contribution >= 0.6 is 23.1 Å². The second kappa shape index (κ2) is 8.77. The summed E-state index contributed by atoms with van der Waals surface area (Å²) in [6.45, 7) is 4.15. The third-order valence-corrected chi connectivity index (χ3v) is 5.47. The second-order valence-electron chi connectivity index (χ2n) is 5.29. The van der Waals surface area contributed by atoms with E-state index in [2.05, 4.69) is 37.4 Å². The molecule has 2 heterocycles. The summed E-state index contributed by atoms with van der Waals surface area (Å²) in [6.07, 6.45) is 1.06. The lowest BCUT2D eigenvalue weighted by atomic mass is 10.2. The molecule has 0 unspecified atom stereocenters. The topological polar surface area (TPSA) is 103 Å². The van der Waals surface area contributed by atoms with Crippen molar-refractivity contribution >= 4 is 34.1 Å². The monoisotopic (exact) mass is 391 g/mol. The predicted molar refractivity (Wildman–Crippen MR) is 98.7 cm³/mol. The van der Waals surface area contributed by atoms with Crippen molar-refractivity contribution in [3.63, 3.8) is 0 Å². The highest BCUT2D eigenvalue weighted by Gasteiger charge is 2.11. The van der Waals surface area contributed by atoms with E-state index in [1.807, 2.05) is 0 Å². The molecule has 10 heteroatoms. The standard InChI is InChI=1S/C16H17N5O3S2/c1-3-8-25-16-19-18-15(26-16)17-14(22)11-4-6-12(7-5-11)23-9-13-10(2)20-24-21-13/h4-7H,3,8-9H2,1-2H3,(H,17,18,22). The zero-order chi connectivity index (χ0) is 18.4. The number of ether oxygens (including phenoxy) is 1. The molecule has 0 fully saturated rings. The van der Waals surface area contributed by atoms with Crippen LogP contribution in [0.4, 0.5) is 5.13 Å². The number of aromatic nitrogens is 4. The largest absolute Gasteiger partial charge is 0.487 e. The number of hydrogen-bond donors (Lipinski definition) is 1. The molecule has 3 rings (SSSR count). The summed E-state index contributed by atoms with van der Waals surface area (Å²) >= 11 is 3.00. The minimum atomic E-state index is -0.240. The number of carbonyl (C=O) groups is 1. The van der Waals surface area contributed by atoms with Crippen molar-refractivity contribution in [3.05, 3.63) is 41.2 Å². The normalized spacial score (nSPS) is 10.7. The van der Waals surface area contributed by atoms with E-state index in [0.29, 0.717) is 27.8 Å². The van der Waals surface area contributed by atoms with E-state index in [4.69, 9.17) is 4.74 Å². The zero-order valence-electron chi connectivity index (χ0n) is 14.3. The lowest BCUT2D eigenvalue weighted by molar-refractivity contribution is 0.102. The van der Waals surface area contributed by atoms with Crippen LogP contribution in [0, 0.1) is 6.92 Å². The molecule has 0 radical (unpaired) electrons. The Balaban J connectivity index is 1.55. The molecule has 1 aromatic carbocycles. The summed E-state index contributed by atoms with van der Waals surface area (Å²) in [6, 6.07) is 6.82. The van der Waals surface area contributed by atoms with E-state index < -0.39 is 0 Å². The van der Waals surface area contributed by atoms with Gasteiger partial charge in [0.05, 0.1) is 0 Å². The molecule has 26 heavy (non-hydrogen) atoms. The van der Waals surface area contributed by atoms with E-state index in [1.165, 1.54) is 11.3 Å². The number of anilines is 1. The summed E-state index contributed by atoms with van der Waals surface area (Å²) in [7, 11) is 0. The maximum absolute atomic E-state index is 12.3. The number of carbonyl (C=O) groups excluding carboxylic acids is 1. The van der Waals surface area contributed by atoms with Crippen molar-refractivity contribution in [2.75, 3.05) is 11.1 Å². The number of aryl methyl sites for hydroxylation is 1. The molecule has 1 N–H and O–H groups in total. The van der Waals surface area contributed by atoms with E-state index in [9.17, 15) is 4.79 Å². The van der Waals surface area contributed by atoms with Crippen LogP contribution in [0.25, 0.3) is 0 Å². The first-order valence-electron chi connectivity index (χ1n) is 7.94. The molecule has 0 aliphatic heterocycles. The Kier molecular flexibility index (Phi) is 6.18. The highest BCUT2D eigenvalue weighted by molar-refractivity contribution is 8.01. The van der Waals surface area contributed by atoms with Crippen LogP contribution in [0.15, 0.2) is 33.2 Å². The summed E-state index contributed by atoms with van der Waals surface area (Å²) < 4.78 is 11.1. The average molecular weight is 391 g/mol. The summed E-state index contributed by atoms with van der Waals surface area (Å²) in [5.41, 5.74) is 1.84. The van der Waals surface area contributed by atoms with E-state index >= 15 is 0 Å². The Hall–Kier alpha value is -2.46. The van der Waals surface area contributed by atoms with Gasteiger partial charge in [-0.25, -0.2) is 4.63 Å². The minimum absolute atomic E-state index is 0.240. The van der Waals surface area contributed by atoms with Gasteiger partial charge >= 0.3 is 0 Å². The van der Waals surface area contributed by atoms with Gasteiger partial charge in [-0.1, -0.05) is 40.3 Å². The molecule has 0 saturated carbocycles. The van der Waals surface area contributed by atoms with Gasteiger partial charge in [-0.05, 0) is 37.6 Å². The number of benzene rings is 1. The maximum atomic E-state index is 12.3. The van der Waals surface area contributed by atoms with Crippen molar-refractivity contribution < 1.29 is 14.2 Å². The van der Waals surface area contributed by atoms with Crippen LogP contribution in [-0.4, -0.2) is 32.2 Å². The molecule has 0 aliphatic rings. The number of nitrogens with one attached hydrogen (secondary N) is 1. The lowest BCUT2D eigenvalue weighted by Crippen LogP contribution is -2.11. The molecule has 8 nitrogen and oxygen atoms in total. The molecule has 0 atom stereocenters. The first-order valence-corrected chi connectivity index (χ1v) is 9.74. The molecule has 1 amide bonds. The molecule has 0 saturated heterocycles. The molecule has 136 valence electrons. The maximum Gasteiger partial charge on any atom is 0.257 e. The van der Waals surface area contributed by atoms with Gasteiger partial charge in [-0.2, -0.15) is 0 Å². The van der Waals surface area contributed by atoms with Gasteiger partial charge in [0.2, 0.25) is 5.13 Å². The van der Waals surface area contributed by atoms with E-state index in [0.717, 1.165) is 16.5 Å². The van der Waals surface area contributed by atoms with Gasteiger partial charge in [-0.15, -0.1) is 10.2 Å². The Labute approximate surface area is 158 Å². The molecular formula is C16H17N5O3S2. The number of nitrogens with zero attached hydrogens (tertiary/aromatic N) is 4. The fraction of sp³-hybridized carbons (Fsp3) is 0.312. The quantitative estimate of drug-likeness (QED) is 0.459. The van der Waals surface area contributed by atoms with Gasteiger partial charge in [0.25, 0.3) is 5.91 Å². The SMILES string of the molecule is CCCSc1nnc(NC(=O)c2ccc(OCc3nonc3C)cc2)s1. The fourth-order valence-electron chi connectivity index (χ4n) is 1.91. The van der Waals surface area contributed by atoms with Crippen molar-refractivity contribution in [1.82, 2.24) is 20.5 Å². The summed E-state index contributed by atoms with van der Waals surface area (Å²) in [4.78, 5) is 12.3. The van der Waals surface area contributed by atoms with Crippen LogP contribution < -0.4 is 10.1 Å². The summed E-state index contributed by atoms with van der Waals surface area (Å²) in [5.74, 6) is 1.36. The van der Waals surface area contributed by atoms with E-state index in [1.54, 1.807) is 43.0 Å². The van der Waals surface area contributed by atoms with Gasteiger partial charge in [0, 0.05) is 11.3 Å². The van der Waals surface area contributed by atoms with E-state index in [-0.39, 0.29) is 12.5 Å². The van der Waals surface area contributed by atoms with Crippen LogP contribution in [0.2, 0.25) is 0 Å². The van der Waals surface area contributed by atoms with Crippen molar-refractivity contribution in [1.29, 1.82) is 0 Å². The molecule has 0 bridgehead atoms. The minimum Gasteiger partial charge on any atom is -0.487 e. The van der Waals surface area contributed by atoms with Gasteiger partial charge in [0.15, 0.2) is 4.34 Å². The van der Waals surface area contributed by atoms with Crippen LogP contribution in [0.3, 0.4) is 0 Å². The van der Waals surface area contributed by atoms with Crippen molar-refractivity contribution in [3.8, 4) is 5.75 Å². The number of thioether (sulfide) groups is 1. The number of amides is 1. The molecule has 0 spiro atoms. The molecule has 0 aliphatic carbocycles. The highest BCUT2D eigenvalue weighted by Crippen LogP contribution is 2.26. The second-order valence-corrected chi connectivity index (χ2v) is 7.60. The Morgan fingerprint density at radius 3 is 2.77 bits per heavy atom. The van der Waals surface area contributed by atoms with Crippen molar-refractivity contribution in [2.24, 2.45) is 0 Å². The smallest absolute Gasteiger partial charge is 0.257 e. The van der Waals surface area contributed by atoms with Gasteiger partial charge < -0.3 is 4.74 Å². The van der Waals surface area contributed by atoms with Crippen molar-refractivity contribution in [2.45, 2.75) is 31.2 Å². The van der Waals surface area contributed by atoms with Crippen LogP contribution in [0.5, 0.6) is 5.75 Å². The summed E-state index contributed by atoms with van der Waals surface area (Å²) in [5, 5.41) is 18.7. The zero-order valence-corrected chi connectivity index (χ0v) is 15.9. The first-order chi connectivity index (χ1) is 12.7. The average Bonchev–Trinajstić information content (AvgIpc) is 3.27. The molecular weight excluding hydrogens is 374 g/mol. The molecule has 3 aromatic rings. The van der Waals surface area contributed by atoms with Crippen LogP contribution in [-0.2, 0) is 6.61 Å². The first kappa shape index (κ1) is 18.3. The molecule has 2 aromatic heterocycles. The Morgan fingerprint density at radius 1 is 1.27 bits per heavy atom. The predicted octanol–water partition coefficient (Wildman–Crippen LogP) is 3.56. The van der Waals surface area contributed by atoms with Crippen LogP contribution in [0.1, 0.15) is 35.1 Å². The third-order valence-electron chi connectivity index (χ3n) is 3.30. The highest BCUT2D eigenvalue weighted by atomic mass is 32.2. The lowest BCUT2D eigenvalue weighted by Gasteiger charge is -2.05. The Morgan fingerprint density at radius 2 is 2.08 bits per heavy atom. The van der Waals surface area contributed by atoms with Gasteiger partial charge in [-0.3, -0.25) is 10.1 Å². The number of hydrogen-bond acceptors (Lipinski definition) is 9. The van der Waals surface area contributed by atoms with Gasteiger partial charge in [0.1, 0.15) is 23.7 Å².